The lowest BCUT2D eigenvalue weighted by atomic mass is 10.1. The van der Waals surface area contributed by atoms with Crippen molar-refractivity contribution in [2.75, 3.05) is 32.5 Å². The Morgan fingerprint density at radius 3 is 2.89 bits per heavy atom. The first-order chi connectivity index (χ1) is 9.18. The highest BCUT2D eigenvalue weighted by Gasteiger charge is 2.27. The lowest BCUT2D eigenvalue weighted by Gasteiger charge is -2.26. The van der Waals surface area contributed by atoms with Crippen LogP contribution in [-0.2, 0) is 4.74 Å². The number of benzene rings is 1. The van der Waals surface area contributed by atoms with Gasteiger partial charge in [-0.25, -0.2) is 0 Å². The third-order valence-corrected chi connectivity index (χ3v) is 3.73. The van der Waals surface area contributed by atoms with Crippen LogP contribution in [0.1, 0.15) is 19.8 Å². The van der Waals surface area contributed by atoms with Crippen molar-refractivity contribution >= 4 is 5.69 Å². The van der Waals surface area contributed by atoms with Gasteiger partial charge in [-0.2, -0.15) is 0 Å². The van der Waals surface area contributed by atoms with Crippen LogP contribution in [0.3, 0.4) is 0 Å². The highest BCUT2D eigenvalue weighted by Crippen LogP contribution is 2.20. The molecule has 0 bridgehead atoms. The zero-order valence-corrected chi connectivity index (χ0v) is 11.8. The van der Waals surface area contributed by atoms with E-state index in [0.29, 0.717) is 24.4 Å². The van der Waals surface area contributed by atoms with E-state index in [2.05, 4.69) is 18.9 Å². The number of nitrogen functional groups attached to an aromatic ring is 1. The van der Waals surface area contributed by atoms with Gasteiger partial charge in [0.05, 0.1) is 18.4 Å². The lowest BCUT2D eigenvalue weighted by Crippen LogP contribution is -2.37. The molecule has 1 aliphatic heterocycles. The van der Waals surface area contributed by atoms with E-state index in [0.717, 1.165) is 31.7 Å². The van der Waals surface area contributed by atoms with Crippen LogP contribution in [0.4, 0.5) is 5.69 Å². The SMILES string of the molecule is CC1OCCC1N(C)CCCOc1ccccc1N. The predicted octanol–water partition coefficient (Wildman–Crippen LogP) is 2.15. The Bertz CT molecular complexity index is 397. The van der Waals surface area contributed by atoms with Gasteiger partial charge in [-0.3, -0.25) is 0 Å². The maximum atomic E-state index is 5.83. The molecule has 4 heteroatoms. The third-order valence-electron chi connectivity index (χ3n) is 3.73. The molecule has 4 nitrogen and oxygen atoms in total. The van der Waals surface area contributed by atoms with Gasteiger partial charge in [0.2, 0.25) is 0 Å². The molecule has 0 amide bonds. The molecule has 1 heterocycles. The Morgan fingerprint density at radius 2 is 2.21 bits per heavy atom. The van der Waals surface area contributed by atoms with E-state index in [1.807, 2.05) is 24.3 Å². The van der Waals surface area contributed by atoms with Crippen molar-refractivity contribution in [2.24, 2.45) is 0 Å². The molecule has 1 aromatic carbocycles. The van der Waals surface area contributed by atoms with Gasteiger partial charge in [0.25, 0.3) is 0 Å². The minimum absolute atomic E-state index is 0.343. The van der Waals surface area contributed by atoms with Gasteiger partial charge >= 0.3 is 0 Å². The van der Waals surface area contributed by atoms with E-state index in [-0.39, 0.29) is 0 Å². The van der Waals surface area contributed by atoms with Gasteiger partial charge in [-0.1, -0.05) is 12.1 Å². The normalized spacial score (nSPS) is 22.9. The molecule has 19 heavy (non-hydrogen) atoms. The second-order valence-corrected chi connectivity index (χ2v) is 5.15. The molecule has 0 spiro atoms. The summed E-state index contributed by atoms with van der Waals surface area (Å²) >= 11 is 0. The summed E-state index contributed by atoms with van der Waals surface area (Å²) in [6.07, 6.45) is 2.47. The first-order valence-electron chi connectivity index (χ1n) is 6.97. The number of para-hydroxylation sites is 2. The standard InChI is InChI=1S/C15H24N2O2/c1-12-14(8-11-18-12)17(2)9-5-10-19-15-7-4-3-6-13(15)16/h3-4,6-7,12,14H,5,8-11,16H2,1-2H3. The smallest absolute Gasteiger partial charge is 0.142 e. The fourth-order valence-electron chi connectivity index (χ4n) is 2.57. The first-order valence-corrected chi connectivity index (χ1v) is 6.97. The van der Waals surface area contributed by atoms with Gasteiger partial charge in [0, 0.05) is 19.2 Å². The summed E-state index contributed by atoms with van der Waals surface area (Å²) in [5.74, 6) is 0.780. The van der Waals surface area contributed by atoms with E-state index in [1.54, 1.807) is 0 Å². The number of ether oxygens (including phenoxy) is 2. The molecular formula is C15H24N2O2. The number of nitrogens with two attached hydrogens (primary N) is 1. The molecule has 2 unspecified atom stereocenters. The molecule has 1 aliphatic rings. The van der Waals surface area contributed by atoms with E-state index >= 15 is 0 Å². The topological polar surface area (TPSA) is 47.7 Å². The summed E-state index contributed by atoms with van der Waals surface area (Å²) in [7, 11) is 2.16. The monoisotopic (exact) mass is 264 g/mol. The average Bonchev–Trinajstić information content (AvgIpc) is 2.82. The van der Waals surface area contributed by atoms with Crippen LogP contribution in [0.15, 0.2) is 24.3 Å². The van der Waals surface area contributed by atoms with Crippen LogP contribution in [0.25, 0.3) is 0 Å². The second kappa shape index (κ2) is 6.78. The Balaban J connectivity index is 1.68. The second-order valence-electron chi connectivity index (χ2n) is 5.15. The molecule has 1 aromatic rings. The molecule has 106 valence electrons. The minimum Gasteiger partial charge on any atom is -0.491 e. The van der Waals surface area contributed by atoms with Crippen molar-refractivity contribution in [3.05, 3.63) is 24.3 Å². The van der Waals surface area contributed by atoms with Crippen LogP contribution >= 0.6 is 0 Å². The average molecular weight is 264 g/mol. The molecule has 2 N–H and O–H groups in total. The first kappa shape index (κ1) is 14.2. The Hall–Kier alpha value is -1.26. The maximum Gasteiger partial charge on any atom is 0.142 e. The van der Waals surface area contributed by atoms with E-state index in [4.69, 9.17) is 15.2 Å². The number of nitrogens with zero attached hydrogens (tertiary/aromatic N) is 1. The summed E-state index contributed by atoms with van der Waals surface area (Å²) in [4.78, 5) is 2.37. The zero-order valence-electron chi connectivity index (χ0n) is 11.8. The Labute approximate surface area is 115 Å². The van der Waals surface area contributed by atoms with Crippen molar-refractivity contribution in [2.45, 2.75) is 31.9 Å². The van der Waals surface area contributed by atoms with Crippen LogP contribution in [-0.4, -0.2) is 43.9 Å². The maximum absolute atomic E-state index is 5.83. The summed E-state index contributed by atoms with van der Waals surface area (Å²) < 4.78 is 11.3. The van der Waals surface area contributed by atoms with Gasteiger partial charge in [0.15, 0.2) is 0 Å². The largest absolute Gasteiger partial charge is 0.491 e. The molecule has 1 saturated heterocycles. The fourth-order valence-corrected chi connectivity index (χ4v) is 2.57. The highest BCUT2D eigenvalue weighted by molar-refractivity contribution is 5.51. The van der Waals surface area contributed by atoms with Crippen LogP contribution in [0.2, 0.25) is 0 Å². The Morgan fingerprint density at radius 1 is 1.42 bits per heavy atom. The summed E-state index contributed by atoms with van der Waals surface area (Å²) in [5, 5.41) is 0. The summed E-state index contributed by atoms with van der Waals surface area (Å²) in [6, 6.07) is 8.17. The molecule has 1 fully saturated rings. The van der Waals surface area contributed by atoms with Crippen molar-refractivity contribution < 1.29 is 9.47 Å². The quantitative estimate of drug-likeness (QED) is 0.632. The van der Waals surface area contributed by atoms with Gasteiger partial charge in [-0.05, 0) is 38.9 Å². The number of hydrogen-bond donors (Lipinski definition) is 1. The minimum atomic E-state index is 0.343. The molecule has 0 saturated carbocycles. The third kappa shape index (κ3) is 3.85. The van der Waals surface area contributed by atoms with Gasteiger partial charge in [-0.15, -0.1) is 0 Å². The number of hydrogen-bond acceptors (Lipinski definition) is 4. The molecule has 2 atom stereocenters. The van der Waals surface area contributed by atoms with Crippen molar-refractivity contribution in [1.82, 2.24) is 4.90 Å². The van der Waals surface area contributed by atoms with Gasteiger partial charge < -0.3 is 20.1 Å². The highest BCUT2D eigenvalue weighted by atomic mass is 16.5. The van der Waals surface area contributed by atoms with Crippen LogP contribution < -0.4 is 10.5 Å². The molecular weight excluding hydrogens is 240 g/mol. The van der Waals surface area contributed by atoms with E-state index < -0.39 is 0 Å². The van der Waals surface area contributed by atoms with Crippen LogP contribution in [0.5, 0.6) is 5.75 Å². The number of likely N-dealkylation sites (N-methyl/N-ethyl adjacent to an activating group) is 1. The lowest BCUT2D eigenvalue weighted by molar-refractivity contribution is 0.0818. The van der Waals surface area contributed by atoms with Crippen LogP contribution in [0, 0.1) is 0 Å². The zero-order chi connectivity index (χ0) is 13.7. The Kier molecular flexibility index (Phi) is 5.05. The molecule has 2 rings (SSSR count). The summed E-state index contributed by atoms with van der Waals surface area (Å²) in [6.45, 7) is 4.74. The van der Waals surface area contributed by atoms with Crippen molar-refractivity contribution in [1.29, 1.82) is 0 Å². The molecule has 0 aromatic heterocycles. The summed E-state index contributed by atoms with van der Waals surface area (Å²) in [5.41, 5.74) is 6.53. The number of rotatable bonds is 6. The van der Waals surface area contributed by atoms with Gasteiger partial charge in [0.1, 0.15) is 5.75 Å². The number of anilines is 1. The predicted molar refractivity (Wildman–Crippen MR) is 77.4 cm³/mol. The van der Waals surface area contributed by atoms with Crippen molar-refractivity contribution in [3.8, 4) is 5.75 Å². The molecule has 0 aliphatic carbocycles. The van der Waals surface area contributed by atoms with E-state index in [9.17, 15) is 0 Å². The molecule has 0 radical (unpaired) electrons. The van der Waals surface area contributed by atoms with E-state index in [1.165, 1.54) is 0 Å². The fraction of sp³-hybridized carbons (Fsp3) is 0.600. The van der Waals surface area contributed by atoms with Crippen molar-refractivity contribution in [3.63, 3.8) is 0 Å².